The molecule has 0 unspecified atom stereocenters. The quantitative estimate of drug-likeness (QED) is 0.609. The van der Waals surface area contributed by atoms with Gasteiger partial charge in [0.25, 0.3) is 5.56 Å². The van der Waals surface area contributed by atoms with E-state index >= 15 is 0 Å². The first-order valence-electron chi connectivity index (χ1n) is 7.80. The Kier molecular flexibility index (Phi) is 6.56. The van der Waals surface area contributed by atoms with Gasteiger partial charge < -0.3 is 15.8 Å². The molecule has 1 heterocycles. The summed E-state index contributed by atoms with van der Waals surface area (Å²) in [6, 6.07) is 7.12. The number of hydrogen-bond acceptors (Lipinski definition) is 6. The van der Waals surface area contributed by atoms with Crippen LogP contribution in [-0.4, -0.2) is 35.4 Å². The Morgan fingerprint density at radius 3 is 2.52 bits per heavy atom. The van der Waals surface area contributed by atoms with Crippen molar-refractivity contribution in [1.82, 2.24) is 15.2 Å². The molecule has 0 bridgehead atoms. The van der Waals surface area contributed by atoms with Crippen LogP contribution in [0.25, 0.3) is 11.3 Å². The number of hydrogen-bond donors (Lipinski definition) is 3. The predicted molar refractivity (Wildman–Crippen MR) is 90.7 cm³/mol. The van der Waals surface area contributed by atoms with E-state index in [2.05, 4.69) is 20.5 Å². The van der Waals surface area contributed by atoms with E-state index < -0.39 is 0 Å². The Hall–Kier alpha value is -2.41. The van der Waals surface area contributed by atoms with Crippen LogP contribution in [0.2, 0.25) is 0 Å². The normalized spacial score (nSPS) is 10.5. The van der Waals surface area contributed by atoms with Crippen LogP contribution in [0.4, 0.5) is 5.95 Å². The number of aromatic nitrogens is 3. The molecule has 0 atom stereocenters. The van der Waals surface area contributed by atoms with Crippen molar-refractivity contribution in [3.8, 4) is 17.0 Å². The summed E-state index contributed by atoms with van der Waals surface area (Å²) in [6.45, 7) is 1.48. The van der Waals surface area contributed by atoms with E-state index in [0.29, 0.717) is 17.2 Å². The monoisotopic (exact) mass is 317 g/mol. The van der Waals surface area contributed by atoms with Crippen molar-refractivity contribution in [2.24, 2.45) is 5.73 Å². The standard InChI is InChI=1S/C16H23N5O2/c1-23-13-8-6-12(7-9-13)14-15(22)19-16(21-20-14)18-11-5-3-2-4-10-17/h6-9H,2-5,10-11,17H2,1H3,(H2,18,19,21,22). The lowest BCUT2D eigenvalue weighted by molar-refractivity contribution is 0.415. The van der Waals surface area contributed by atoms with Crippen molar-refractivity contribution in [3.05, 3.63) is 34.6 Å². The highest BCUT2D eigenvalue weighted by Gasteiger charge is 2.07. The summed E-state index contributed by atoms with van der Waals surface area (Å²) in [5, 5.41) is 11.1. The molecule has 23 heavy (non-hydrogen) atoms. The fourth-order valence-corrected chi connectivity index (χ4v) is 2.18. The molecule has 1 aromatic heterocycles. The van der Waals surface area contributed by atoms with Gasteiger partial charge in [0.15, 0.2) is 5.69 Å². The van der Waals surface area contributed by atoms with Crippen molar-refractivity contribution in [2.75, 3.05) is 25.5 Å². The molecule has 2 aromatic rings. The number of ether oxygens (including phenoxy) is 1. The van der Waals surface area contributed by atoms with E-state index in [4.69, 9.17) is 10.5 Å². The summed E-state index contributed by atoms with van der Waals surface area (Å²) < 4.78 is 5.09. The topological polar surface area (TPSA) is 106 Å². The number of methoxy groups -OCH3 is 1. The highest BCUT2D eigenvalue weighted by molar-refractivity contribution is 5.58. The first-order chi connectivity index (χ1) is 11.2. The number of unbranched alkanes of at least 4 members (excludes halogenated alkanes) is 3. The van der Waals surface area contributed by atoms with Crippen LogP contribution in [0.15, 0.2) is 29.1 Å². The van der Waals surface area contributed by atoms with E-state index in [1.165, 1.54) is 0 Å². The lowest BCUT2D eigenvalue weighted by atomic mass is 10.1. The second kappa shape index (κ2) is 8.89. The number of benzene rings is 1. The molecule has 0 aliphatic carbocycles. The smallest absolute Gasteiger partial charge is 0.279 e. The predicted octanol–water partition coefficient (Wildman–Crippen LogP) is 1.77. The lowest BCUT2D eigenvalue weighted by Gasteiger charge is -2.06. The molecule has 1 aromatic carbocycles. The van der Waals surface area contributed by atoms with E-state index in [9.17, 15) is 4.79 Å². The molecule has 4 N–H and O–H groups in total. The van der Waals surface area contributed by atoms with Gasteiger partial charge in [-0.1, -0.05) is 12.8 Å². The van der Waals surface area contributed by atoms with Crippen molar-refractivity contribution >= 4 is 5.95 Å². The van der Waals surface area contributed by atoms with E-state index in [1.807, 2.05) is 0 Å². The fourth-order valence-electron chi connectivity index (χ4n) is 2.18. The van der Waals surface area contributed by atoms with Crippen LogP contribution in [0.3, 0.4) is 0 Å². The Bertz CT molecular complexity index is 654. The van der Waals surface area contributed by atoms with Gasteiger partial charge in [-0.2, -0.15) is 0 Å². The van der Waals surface area contributed by atoms with Gasteiger partial charge in [0.2, 0.25) is 5.95 Å². The first-order valence-corrected chi connectivity index (χ1v) is 7.80. The third-order valence-electron chi connectivity index (χ3n) is 3.48. The zero-order valence-corrected chi connectivity index (χ0v) is 13.3. The zero-order valence-electron chi connectivity index (χ0n) is 13.3. The Morgan fingerprint density at radius 2 is 1.87 bits per heavy atom. The second-order valence-electron chi connectivity index (χ2n) is 5.21. The van der Waals surface area contributed by atoms with Crippen LogP contribution in [0.1, 0.15) is 25.7 Å². The summed E-state index contributed by atoms with van der Waals surface area (Å²) >= 11 is 0. The highest BCUT2D eigenvalue weighted by Crippen LogP contribution is 2.17. The molecule has 0 aliphatic rings. The average molecular weight is 317 g/mol. The van der Waals surface area contributed by atoms with Crippen LogP contribution in [0, 0.1) is 0 Å². The number of nitrogens with one attached hydrogen (secondary N) is 2. The molecule has 0 fully saturated rings. The summed E-state index contributed by atoms with van der Waals surface area (Å²) in [5.41, 5.74) is 6.18. The van der Waals surface area contributed by atoms with E-state index in [0.717, 1.165) is 44.5 Å². The maximum atomic E-state index is 12.1. The number of H-pyrrole nitrogens is 1. The SMILES string of the molecule is COc1ccc(-c2nnc(NCCCCCCN)[nH]c2=O)cc1. The maximum absolute atomic E-state index is 12.1. The van der Waals surface area contributed by atoms with Gasteiger partial charge in [0, 0.05) is 12.1 Å². The van der Waals surface area contributed by atoms with Crippen LogP contribution >= 0.6 is 0 Å². The van der Waals surface area contributed by atoms with Crippen molar-refractivity contribution in [1.29, 1.82) is 0 Å². The molecule has 0 radical (unpaired) electrons. The summed E-state index contributed by atoms with van der Waals surface area (Å²) in [6.07, 6.45) is 4.28. The van der Waals surface area contributed by atoms with Crippen molar-refractivity contribution in [3.63, 3.8) is 0 Å². The third kappa shape index (κ3) is 5.07. The number of nitrogens with zero attached hydrogens (tertiary/aromatic N) is 2. The second-order valence-corrected chi connectivity index (χ2v) is 5.21. The summed E-state index contributed by atoms with van der Waals surface area (Å²) in [5.74, 6) is 1.12. The Labute approximate surface area is 135 Å². The molecule has 0 saturated carbocycles. The van der Waals surface area contributed by atoms with Gasteiger partial charge in [-0.05, 0) is 43.7 Å². The number of rotatable bonds is 9. The Morgan fingerprint density at radius 1 is 1.13 bits per heavy atom. The van der Waals surface area contributed by atoms with Crippen molar-refractivity contribution < 1.29 is 4.74 Å². The molecule has 124 valence electrons. The number of anilines is 1. The fraction of sp³-hybridized carbons (Fsp3) is 0.438. The minimum atomic E-state index is -0.268. The number of aromatic amines is 1. The van der Waals surface area contributed by atoms with Gasteiger partial charge in [0.1, 0.15) is 5.75 Å². The van der Waals surface area contributed by atoms with Crippen LogP contribution < -0.4 is 21.3 Å². The third-order valence-corrected chi connectivity index (χ3v) is 3.48. The molecule has 0 spiro atoms. The number of nitrogens with two attached hydrogens (primary N) is 1. The van der Waals surface area contributed by atoms with Gasteiger partial charge in [0.05, 0.1) is 7.11 Å². The van der Waals surface area contributed by atoms with Crippen LogP contribution in [-0.2, 0) is 0 Å². The summed E-state index contributed by atoms with van der Waals surface area (Å²) in [7, 11) is 1.60. The van der Waals surface area contributed by atoms with Gasteiger partial charge in [-0.15, -0.1) is 10.2 Å². The first kappa shape index (κ1) is 17.0. The minimum Gasteiger partial charge on any atom is -0.497 e. The molecule has 0 saturated heterocycles. The largest absolute Gasteiger partial charge is 0.497 e. The molecule has 2 rings (SSSR count). The Balaban J connectivity index is 1.93. The van der Waals surface area contributed by atoms with Gasteiger partial charge in [-0.25, -0.2) is 0 Å². The van der Waals surface area contributed by atoms with Crippen molar-refractivity contribution in [2.45, 2.75) is 25.7 Å². The highest BCUT2D eigenvalue weighted by atomic mass is 16.5. The molecule has 7 nitrogen and oxygen atoms in total. The van der Waals surface area contributed by atoms with Gasteiger partial charge >= 0.3 is 0 Å². The van der Waals surface area contributed by atoms with Crippen LogP contribution in [0.5, 0.6) is 5.75 Å². The molecule has 0 aliphatic heterocycles. The zero-order chi connectivity index (χ0) is 16.5. The molecular weight excluding hydrogens is 294 g/mol. The maximum Gasteiger partial charge on any atom is 0.279 e. The molecule has 0 amide bonds. The molecule has 7 heteroatoms. The van der Waals surface area contributed by atoms with E-state index in [1.54, 1.807) is 31.4 Å². The minimum absolute atomic E-state index is 0.268. The lowest BCUT2D eigenvalue weighted by Crippen LogP contribution is -2.17. The summed E-state index contributed by atoms with van der Waals surface area (Å²) in [4.78, 5) is 14.8. The average Bonchev–Trinajstić information content (AvgIpc) is 2.58. The molecular formula is C16H23N5O2. The van der Waals surface area contributed by atoms with Gasteiger partial charge in [-0.3, -0.25) is 9.78 Å². The van der Waals surface area contributed by atoms with E-state index in [-0.39, 0.29) is 5.56 Å².